The summed E-state index contributed by atoms with van der Waals surface area (Å²) in [6.07, 6.45) is 4.89. The number of hydrogen-bond acceptors (Lipinski definition) is 5. The van der Waals surface area contributed by atoms with Crippen molar-refractivity contribution in [2.45, 2.75) is 52.1 Å². The average Bonchev–Trinajstić information content (AvgIpc) is 2.30. The fraction of sp³-hybridized carbons (Fsp3) is 0.818. The molecule has 0 aliphatic rings. The monoisotopic (exact) mass is 229 g/mol. The van der Waals surface area contributed by atoms with Crippen molar-refractivity contribution in [2.24, 2.45) is 4.99 Å². The van der Waals surface area contributed by atoms with Crippen molar-refractivity contribution >= 4 is 12.0 Å². The van der Waals surface area contributed by atoms with Gasteiger partial charge in [-0.15, -0.1) is 0 Å². The van der Waals surface area contributed by atoms with E-state index in [1.54, 1.807) is 0 Å². The normalized spacial score (nSPS) is 11.6. The van der Waals surface area contributed by atoms with Crippen molar-refractivity contribution in [3.63, 3.8) is 0 Å². The van der Waals surface area contributed by atoms with E-state index in [0.717, 1.165) is 25.7 Å². The molecule has 0 aliphatic heterocycles. The van der Waals surface area contributed by atoms with Gasteiger partial charge in [-0.2, -0.15) is 4.89 Å². The van der Waals surface area contributed by atoms with Gasteiger partial charge in [-0.05, 0) is 26.2 Å². The molecule has 0 heterocycles. The summed E-state index contributed by atoms with van der Waals surface area (Å²) in [7, 11) is 0. The van der Waals surface area contributed by atoms with Crippen LogP contribution in [0.2, 0.25) is 0 Å². The lowest BCUT2D eigenvalue weighted by molar-refractivity contribution is -0.295. The van der Waals surface area contributed by atoms with Crippen LogP contribution in [0.25, 0.3) is 0 Å². The minimum Gasteiger partial charge on any atom is -0.298 e. The van der Waals surface area contributed by atoms with Crippen molar-refractivity contribution < 1.29 is 19.4 Å². The summed E-state index contributed by atoms with van der Waals surface area (Å²) in [5, 5.41) is 0. The van der Waals surface area contributed by atoms with Crippen molar-refractivity contribution in [3.05, 3.63) is 0 Å². The van der Waals surface area contributed by atoms with E-state index >= 15 is 0 Å². The zero-order chi connectivity index (χ0) is 12.2. The van der Waals surface area contributed by atoms with Crippen LogP contribution in [0.1, 0.15) is 46.0 Å². The van der Waals surface area contributed by atoms with Crippen molar-refractivity contribution in [3.8, 4) is 0 Å². The number of hydrogen-bond donors (Lipinski definition) is 0. The molecular weight excluding hydrogens is 210 g/mol. The molecule has 0 rings (SSSR count). The first-order valence-electron chi connectivity index (χ1n) is 5.60. The average molecular weight is 229 g/mol. The Morgan fingerprint density at radius 2 is 2.12 bits per heavy atom. The topological polar surface area (TPSA) is 65.0 Å². The number of nitrogens with zero attached hydrogens (tertiary/aromatic N) is 1. The van der Waals surface area contributed by atoms with Crippen LogP contribution in [0.3, 0.4) is 0 Å². The third kappa shape index (κ3) is 9.37. The van der Waals surface area contributed by atoms with Gasteiger partial charge in [-0.3, -0.25) is 4.89 Å². The van der Waals surface area contributed by atoms with E-state index in [0.29, 0.717) is 13.0 Å². The smallest absolute Gasteiger partial charge is 0.298 e. The molecule has 0 aromatic carbocycles. The molecule has 0 amide bonds. The van der Waals surface area contributed by atoms with Crippen LogP contribution in [0, 0.1) is 0 Å². The lowest BCUT2D eigenvalue weighted by Crippen LogP contribution is -2.12. The van der Waals surface area contributed by atoms with E-state index in [4.69, 9.17) is 4.89 Å². The van der Waals surface area contributed by atoms with Crippen LogP contribution in [0.15, 0.2) is 4.99 Å². The van der Waals surface area contributed by atoms with Gasteiger partial charge < -0.3 is 0 Å². The molecule has 0 saturated heterocycles. The first-order valence-corrected chi connectivity index (χ1v) is 5.60. The number of aliphatic imine (C=N–C) groups is 1. The Kier molecular flexibility index (Phi) is 9.56. The van der Waals surface area contributed by atoms with E-state index < -0.39 is 0 Å². The standard InChI is InChI=1S/C11H19NO4/c1-3-10(2)15-16-11(14)7-5-4-6-8-12-9-13/h10H,3-8H2,1-2H3. The van der Waals surface area contributed by atoms with Gasteiger partial charge in [-0.25, -0.2) is 14.6 Å². The van der Waals surface area contributed by atoms with Gasteiger partial charge in [0.05, 0.1) is 6.54 Å². The van der Waals surface area contributed by atoms with Crippen LogP contribution in [0.4, 0.5) is 0 Å². The molecule has 1 unspecified atom stereocenters. The molecule has 0 bridgehead atoms. The Morgan fingerprint density at radius 1 is 1.38 bits per heavy atom. The second-order valence-electron chi connectivity index (χ2n) is 3.55. The van der Waals surface area contributed by atoms with Crippen LogP contribution in [-0.2, 0) is 19.4 Å². The maximum atomic E-state index is 11.1. The molecule has 5 heteroatoms. The molecule has 5 nitrogen and oxygen atoms in total. The number of carbonyl (C=O) groups is 1. The highest BCUT2D eigenvalue weighted by molar-refractivity contribution is 5.68. The van der Waals surface area contributed by atoms with Crippen molar-refractivity contribution in [2.75, 3.05) is 6.54 Å². The fourth-order valence-corrected chi connectivity index (χ4v) is 0.928. The van der Waals surface area contributed by atoms with E-state index in [-0.39, 0.29) is 12.1 Å². The Labute approximate surface area is 95.8 Å². The van der Waals surface area contributed by atoms with E-state index in [1.807, 2.05) is 13.8 Å². The van der Waals surface area contributed by atoms with Crippen LogP contribution in [-0.4, -0.2) is 24.7 Å². The molecule has 0 fully saturated rings. The van der Waals surface area contributed by atoms with Gasteiger partial charge in [0.2, 0.25) is 6.08 Å². The first-order chi connectivity index (χ1) is 7.70. The first kappa shape index (κ1) is 14.8. The Morgan fingerprint density at radius 3 is 2.75 bits per heavy atom. The van der Waals surface area contributed by atoms with E-state index in [1.165, 1.54) is 6.08 Å². The van der Waals surface area contributed by atoms with Gasteiger partial charge in [0, 0.05) is 6.42 Å². The molecule has 1 atom stereocenters. The van der Waals surface area contributed by atoms with E-state index in [9.17, 15) is 9.59 Å². The number of unbranched alkanes of at least 4 members (excludes halogenated alkanes) is 2. The van der Waals surface area contributed by atoms with E-state index in [2.05, 4.69) is 9.88 Å². The largest absolute Gasteiger partial charge is 0.342 e. The zero-order valence-electron chi connectivity index (χ0n) is 9.90. The summed E-state index contributed by atoms with van der Waals surface area (Å²) in [5.41, 5.74) is 0. The molecule has 16 heavy (non-hydrogen) atoms. The minimum absolute atomic E-state index is 0.0640. The van der Waals surface area contributed by atoms with Crippen LogP contribution >= 0.6 is 0 Å². The SMILES string of the molecule is CCC(C)OOC(=O)CCCCCN=C=O. The maximum Gasteiger partial charge on any atom is 0.342 e. The molecule has 0 saturated carbocycles. The second-order valence-corrected chi connectivity index (χ2v) is 3.55. The second kappa shape index (κ2) is 10.3. The highest BCUT2D eigenvalue weighted by atomic mass is 17.2. The molecule has 0 spiro atoms. The minimum atomic E-state index is -0.348. The van der Waals surface area contributed by atoms with Crippen molar-refractivity contribution in [1.29, 1.82) is 0 Å². The number of rotatable bonds is 9. The molecule has 0 aromatic heterocycles. The van der Waals surface area contributed by atoms with Gasteiger partial charge >= 0.3 is 5.97 Å². The zero-order valence-corrected chi connectivity index (χ0v) is 9.90. The highest BCUT2D eigenvalue weighted by Crippen LogP contribution is 2.03. The van der Waals surface area contributed by atoms with Gasteiger partial charge in [0.15, 0.2) is 0 Å². The molecular formula is C11H19NO4. The third-order valence-corrected chi connectivity index (χ3v) is 2.10. The third-order valence-electron chi connectivity index (χ3n) is 2.10. The number of carbonyl (C=O) groups excluding carboxylic acids is 2. The molecule has 92 valence electrons. The summed E-state index contributed by atoms with van der Waals surface area (Å²) in [6.45, 7) is 4.26. The lowest BCUT2D eigenvalue weighted by atomic mass is 10.2. The lowest BCUT2D eigenvalue weighted by Gasteiger charge is -2.08. The highest BCUT2D eigenvalue weighted by Gasteiger charge is 2.06. The van der Waals surface area contributed by atoms with Crippen molar-refractivity contribution in [1.82, 2.24) is 0 Å². The summed E-state index contributed by atoms with van der Waals surface area (Å²) in [4.78, 5) is 33.7. The summed E-state index contributed by atoms with van der Waals surface area (Å²) < 4.78 is 0. The number of isocyanates is 1. The molecule has 0 aliphatic carbocycles. The van der Waals surface area contributed by atoms with Crippen LogP contribution in [0.5, 0.6) is 0 Å². The molecule has 0 aromatic rings. The predicted molar refractivity (Wildman–Crippen MR) is 58.4 cm³/mol. The Hall–Kier alpha value is -1.19. The summed E-state index contributed by atoms with van der Waals surface area (Å²) in [5.74, 6) is -0.348. The molecule has 0 N–H and O–H groups in total. The Balaban J connectivity index is 3.33. The maximum absolute atomic E-state index is 11.1. The summed E-state index contributed by atoms with van der Waals surface area (Å²) in [6, 6.07) is 0. The van der Waals surface area contributed by atoms with Gasteiger partial charge in [0.25, 0.3) is 0 Å². The fourth-order valence-electron chi connectivity index (χ4n) is 0.928. The quantitative estimate of drug-likeness (QED) is 0.200. The predicted octanol–water partition coefficient (Wildman–Crippen LogP) is 2.16. The van der Waals surface area contributed by atoms with Crippen LogP contribution < -0.4 is 0 Å². The molecule has 0 radical (unpaired) electrons. The summed E-state index contributed by atoms with van der Waals surface area (Å²) >= 11 is 0. The Bertz CT molecular complexity index is 236. The van der Waals surface area contributed by atoms with Gasteiger partial charge in [-0.1, -0.05) is 13.3 Å². The van der Waals surface area contributed by atoms with Gasteiger partial charge in [0.1, 0.15) is 6.10 Å².